The summed E-state index contributed by atoms with van der Waals surface area (Å²) in [5.41, 5.74) is 1.25. The van der Waals surface area contributed by atoms with Crippen LogP contribution in [0.5, 0.6) is 0 Å². The number of ether oxygens (including phenoxy) is 1. The zero-order chi connectivity index (χ0) is 16.3. The number of hydrogen-bond donors (Lipinski definition) is 1. The second-order valence-corrected chi connectivity index (χ2v) is 5.30. The molecule has 2 aromatic rings. The molecular weight excluding hydrogens is 290 g/mol. The third kappa shape index (κ3) is 6.16. The molecule has 0 aliphatic carbocycles. The number of nitrogens with one attached hydrogen (secondary N) is 1. The van der Waals surface area contributed by atoms with Crippen molar-refractivity contribution in [3.05, 3.63) is 60.1 Å². The summed E-state index contributed by atoms with van der Waals surface area (Å²) in [6.07, 6.45) is 2.53. The number of nitrogens with zero attached hydrogens (tertiary/aromatic N) is 2. The minimum absolute atomic E-state index is 0.614. The van der Waals surface area contributed by atoms with Crippen molar-refractivity contribution in [1.82, 2.24) is 10.2 Å². The molecule has 0 amide bonds. The molecule has 5 nitrogen and oxygen atoms in total. The maximum atomic E-state index is 5.36. The number of aliphatic imine (C=N–C) groups is 1. The van der Waals surface area contributed by atoms with Crippen LogP contribution in [0.3, 0.4) is 0 Å². The van der Waals surface area contributed by atoms with Crippen LogP contribution in [0.15, 0.2) is 58.1 Å². The van der Waals surface area contributed by atoms with Gasteiger partial charge in [-0.3, -0.25) is 4.99 Å². The summed E-state index contributed by atoms with van der Waals surface area (Å²) in [6, 6.07) is 14.3. The van der Waals surface area contributed by atoms with E-state index in [4.69, 9.17) is 9.15 Å². The van der Waals surface area contributed by atoms with Gasteiger partial charge in [0.05, 0.1) is 19.4 Å². The number of furan rings is 1. The molecule has 0 atom stereocenters. The Kier molecular flexibility index (Phi) is 7.20. The molecule has 5 heteroatoms. The lowest BCUT2D eigenvalue weighted by atomic mass is 10.2. The highest BCUT2D eigenvalue weighted by molar-refractivity contribution is 5.79. The summed E-state index contributed by atoms with van der Waals surface area (Å²) in [6.45, 7) is 2.83. The predicted molar refractivity (Wildman–Crippen MR) is 92.5 cm³/mol. The van der Waals surface area contributed by atoms with E-state index in [1.807, 2.05) is 25.2 Å². The van der Waals surface area contributed by atoms with Crippen LogP contribution < -0.4 is 5.32 Å². The van der Waals surface area contributed by atoms with Gasteiger partial charge in [-0.05, 0) is 17.7 Å². The second-order valence-electron chi connectivity index (χ2n) is 5.30. The van der Waals surface area contributed by atoms with Crippen LogP contribution in [0, 0.1) is 0 Å². The summed E-state index contributed by atoms with van der Waals surface area (Å²) in [5, 5.41) is 3.40. The van der Waals surface area contributed by atoms with Gasteiger partial charge in [-0.2, -0.15) is 0 Å². The van der Waals surface area contributed by atoms with Crippen molar-refractivity contribution in [1.29, 1.82) is 0 Å². The third-order valence-corrected chi connectivity index (χ3v) is 3.42. The highest BCUT2D eigenvalue weighted by Gasteiger charge is 2.07. The number of hydrogen-bond acceptors (Lipinski definition) is 3. The first-order chi connectivity index (χ1) is 11.3. The van der Waals surface area contributed by atoms with Crippen molar-refractivity contribution < 1.29 is 9.15 Å². The highest BCUT2D eigenvalue weighted by Crippen LogP contribution is 2.04. The molecule has 0 fully saturated rings. The molecule has 0 aliphatic rings. The largest absolute Gasteiger partial charge is 0.469 e. The molecule has 0 radical (unpaired) electrons. The molecule has 0 bridgehead atoms. The number of guanidine groups is 1. The molecule has 0 saturated carbocycles. The van der Waals surface area contributed by atoms with Crippen LogP contribution in [-0.2, 0) is 17.7 Å². The fraction of sp³-hybridized carbons (Fsp3) is 0.389. The van der Waals surface area contributed by atoms with E-state index >= 15 is 0 Å². The minimum atomic E-state index is 0.614. The molecule has 124 valence electrons. The van der Waals surface area contributed by atoms with Gasteiger partial charge in [0, 0.05) is 33.7 Å². The molecule has 1 aromatic carbocycles. The molecule has 1 heterocycles. The van der Waals surface area contributed by atoms with Gasteiger partial charge in [0.15, 0.2) is 5.96 Å². The van der Waals surface area contributed by atoms with Gasteiger partial charge in [0.1, 0.15) is 5.76 Å². The quantitative estimate of drug-likeness (QED) is 0.462. The molecule has 1 aromatic heterocycles. The van der Waals surface area contributed by atoms with Gasteiger partial charge < -0.3 is 19.4 Å². The van der Waals surface area contributed by atoms with Crippen LogP contribution in [0.25, 0.3) is 0 Å². The Balaban J connectivity index is 1.90. The first-order valence-corrected chi connectivity index (χ1v) is 7.84. The SMILES string of the molecule is COCCN=C(NCCc1ccco1)N(C)Cc1ccccc1. The van der Waals surface area contributed by atoms with Crippen molar-refractivity contribution >= 4 is 5.96 Å². The molecule has 2 rings (SSSR count). The van der Waals surface area contributed by atoms with E-state index in [0.717, 1.165) is 31.2 Å². The monoisotopic (exact) mass is 315 g/mol. The maximum absolute atomic E-state index is 5.36. The van der Waals surface area contributed by atoms with Crippen molar-refractivity contribution in [3.63, 3.8) is 0 Å². The lowest BCUT2D eigenvalue weighted by Crippen LogP contribution is -2.39. The fourth-order valence-electron chi connectivity index (χ4n) is 2.24. The minimum Gasteiger partial charge on any atom is -0.469 e. The molecule has 1 N–H and O–H groups in total. The van der Waals surface area contributed by atoms with E-state index < -0.39 is 0 Å². The van der Waals surface area contributed by atoms with Gasteiger partial charge in [-0.15, -0.1) is 0 Å². The van der Waals surface area contributed by atoms with Gasteiger partial charge in [-0.1, -0.05) is 30.3 Å². The molecule has 23 heavy (non-hydrogen) atoms. The first-order valence-electron chi connectivity index (χ1n) is 7.84. The van der Waals surface area contributed by atoms with Crippen molar-refractivity contribution in [2.45, 2.75) is 13.0 Å². The predicted octanol–water partition coefficient (Wildman–Crippen LogP) is 2.55. The van der Waals surface area contributed by atoms with Crippen LogP contribution in [-0.4, -0.2) is 44.7 Å². The fourth-order valence-corrected chi connectivity index (χ4v) is 2.24. The van der Waals surface area contributed by atoms with Crippen molar-refractivity contribution in [2.24, 2.45) is 4.99 Å². The van der Waals surface area contributed by atoms with Gasteiger partial charge >= 0.3 is 0 Å². The zero-order valence-corrected chi connectivity index (χ0v) is 13.9. The molecule has 0 spiro atoms. The first kappa shape index (κ1) is 17.1. The van der Waals surface area contributed by atoms with Crippen LogP contribution >= 0.6 is 0 Å². The second kappa shape index (κ2) is 9.69. The normalized spacial score (nSPS) is 11.5. The van der Waals surface area contributed by atoms with Crippen molar-refractivity contribution in [3.8, 4) is 0 Å². The maximum Gasteiger partial charge on any atom is 0.194 e. The summed E-state index contributed by atoms with van der Waals surface area (Å²) < 4.78 is 10.4. The summed E-state index contributed by atoms with van der Waals surface area (Å²) >= 11 is 0. The van der Waals surface area contributed by atoms with Crippen molar-refractivity contribution in [2.75, 3.05) is 33.9 Å². The summed E-state index contributed by atoms with van der Waals surface area (Å²) in [4.78, 5) is 6.72. The average Bonchev–Trinajstić information content (AvgIpc) is 3.08. The van der Waals surface area contributed by atoms with Crippen LogP contribution in [0.4, 0.5) is 0 Å². The third-order valence-electron chi connectivity index (χ3n) is 3.42. The van der Waals surface area contributed by atoms with Crippen LogP contribution in [0.1, 0.15) is 11.3 Å². The number of rotatable bonds is 8. The van der Waals surface area contributed by atoms with Crippen LogP contribution in [0.2, 0.25) is 0 Å². The Morgan fingerprint density at radius 1 is 1.22 bits per heavy atom. The van der Waals surface area contributed by atoms with Gasteiger partial charge in [-0.25, -0.2) is 0 Å². The van der Waals surface area contributed by atoms with E-state index in [1.165, 1.54) is 5.56 Å². The van der Waals surface area contributed by atoms with E-state index in [9.17, 15) is 0 Å². The smallest absolute Gasteiger partial charge is 0.194 e. The lowest BCUT2D eigenvalue weighted by Gasteiger charge is -2.22. The lowest BCUT2D eigenvalue weighted by molar-refractivity contribution is 0.207. The van der Waals surface area contributed by atoms with E-state index in [-0.39, 0.29) is 0 Å². The van der Waals surface area contributed by atoms with E-state index in [1.54, 1.807) is 13.4 Å². The Bertz CT molecular complexity index is 567. The number of benzene rings is 1. The zero-order valence-electron chi connectivity index (χ0n) is 13.9. The van der Waals surface area contributed by atoms with E-state index in [0.29, 0.717) is 13.2 Å². The Labute approximate surface area is 138 Å². The Morgan fingerprint density at radius 2 is 2.04 bits per heavy atom. The molecule has 0 saturated heterocycles. The highest BCUT2D eigenvalue weighted by atomic mass is 16.5. The standard InChI is InChI=1S/C18H25N3O2/c1-21(15-16-7-4-3-5-8-16)18(20-12-14-22-2)19-11-10-17-9-6-13-23-17/h3-9,13H,10-12,14-15H2,1-2H3,(H,19,20). The van der Waals surface area contributed by atoms with Gasteiger partial charge in [0.2, 0.25) is 0 Å². The molecular formula is C18H25N3O2. The number of methoxy groups -OCH3 is 1. The van der Waals surface area contributed by atoms with Gasteiger partial charge in [0.25, 0.3) is 0 Å². The topological polar surface area (TPSA) is 50.0 Å². The summed E-state index contributed by atoms with van der Waals surface area (Å²) in [7, 11) is 3.73. The molecule has 0 unspecified atom stereocenters. The Hall–Kier alpha value is -2.27. The summed E-state index contributed by atoms with van der Waals surface area (Å²) in [5.74, 6) is 1.84. The van der Waals surface area contributed by atoms with E-state index in [2.05, 4.69) is 39.5 Å². The Morgan fingerprint density at radius 3 is 2.74 bits per heavy atom. The average molecular weight is 315 g/mol. The molecule has 0 aliphatic heterocycles.